The number of hydrogen-bond donors (Lipinski definition) is 1. The number of amides is 1. The molecule has 30 heavy (non-hydrogen) atoms. The van der Waals surface area contributed by atoms with Crippen LogP contribution in [0, 0.1) is 0 Å². The molecule has 3 rings (SSSR count). The van der Waals surface area contributed by atoms with Gasteiger partial charge in [0.25, 0.3) is 0 Å². The highest BCUT2D eigenvalue weighted by molar-refractivity contribution is 5.73. The number of nitrogens with zero attached hydrogens (tertiary/aromatic N) is 1. The van der Waals surface area contributed by atoms with E-state index in [0.717, 1.165) is 62.5 Å². The maximum absolute atomic E-state index is 11.2. The van der Waals surface area contributed by atoms with Gasteiger partial charge in [-0.2, -0.15) is 0 Å². The van der Waals surface area contributed by atoms with E-state index in [-0.39, 0.29) is 18.1 Å². The topological polar surface area (TPSA) is 50.8 Å². The van der Waals surface area contributed by atoms with Crippen molar-refractivity contribution >= 4 is 11.6 Å². The van der Waals surface area contributed by atoms with Crippen molar-refractivity contribution in [3.8, 4) is 0 Å². The predicted molar refractivity (Wildman–Crippen MR) is 121 cm³/mol. The van der Waals surface area contributed by atoms with Crippen molar-refractivity contribution in [3.05, 3.63) is 65.7 Å². The highest BCUT2D eigenvalue weighted by atomic mass is 16.5. The van der Waals surface area contributed by atoms with Crippen LogP contribution in [0.4, 0.5) is 5.69 Å². The van der Waals surface area contributed by atoms with Crippen LogP contribution in [-0.2, 0) is 14.3 Å². The smallest absolute Gasteiger partial charge is 0.217 e. The lowest BCUT2D eigenvalue weighted by Gasteiger charge is -2.41. The van der Waals surface area contributed by atoms with Gasteiger partial charge in [0.15, 0.2) is 0 Å². The molecule has 1 aliphatic heterocycles. The van der Waals surface area contributed by atoms with E-state index in [0.29, 0.717) is 0 Å². The highest BCUT2D eigenvalue weighted by Gasteiger charge is 2.29. The molecule has 1 heterocycles. The fraction of sp³-hybridized carbons (Fsp3) is 0.480. The lowest BCUT2D eigenvalue weighted by molar-refractivity contribution is -0.119. The maximum Gasteiger partial charge on any atom is 0.217 e. The van der Waals surface area contributed by atoms with Gasteiger partial charge in [-0.15, -0.1) is 0 Å². The first-order valence-electron chi connectivity index (χ1n) is 11.0. The van der Waals surface area contributed by atoms with E-state index < -0.39 is 0 Å². The second-order valence-corrected chi connectivity index (χ2v) is 8.01. The Kier molecular flexibility index (Phi) is 8.00. The third-order valence-electron chi connectivity index (χ3n) is 5.37. The van der Waals surface area contributed by atoms with E-state index in [1.807, 2.05) is 13.0 Å². The quantitative estimate of drug-likeness (QED) is 0.581. The Balaban J connectivity index is 1.52. The molecule has 1 N–H and O–H groups in total. The molecule has 0 aromatic heterocycles. The Morgan fingerprint density at radius 2 is 2.03 bits per heavy atom. The molecule has 0 spiro atoms. The number of carbonyl (C=O) groups excluding carboxylic acids is 1. The van der Waals surface area contributed by atoms with Crippen molar-refractivity contribution in [1.29, 1.82) is 0 Å². The van der Waals surface area contributed by atoms with E-state index >= 15 is 0 Å². The fourth-order valence-electron chi connectivity index (χ4n) is 3.58. The number of benzene rings is 1. The summed E-state index contributed by atoms with van der Waals surface area (Å²) in [7, 11) is 0. The maximum atomic E-state index is 11.2. The van der Waals surface area contributed by atoms with Crippen LogP contribution in [-0.4, -0.2) is 31.7 Å². The summed E-state index contributed by atoms with van der Waals surface area (Å²) in [6.07, 6.45) is 12.6. The van der Waals surface area contributed by atoms with Crippen molar-refractivity contribution in [1.82, 2.24) is 5.32 Å². The molecule has 1 saturated heterocycles. The highest BCUT2D eigenvalue weighted by Crippen LogP contribution is 2.26. The van der Waals surface area contributed by atoms with Gasteiger partial charge < -0.3 is 19.7 Å². The Labute approximate surface area is 180 Å². The van der Waals surface area contributed by atoms with Crippen LogP contribution < -0.4 is 10.2 Å². The summed E-state index contributed by atoms with van der Waals surface area (Å²) in [5.41, 5.74) is 2.29. The normalized spacial score (nSPS) is 17.8. The molecule has 1 aromatic rings. The van der Waals surface area contributed by atoms with Crippen LogP contribution in [0.25, 0.3) is 0 Å². The van der Waals surface area contributed by atoms with Gasteiger partial charge in [-0.25, -0.2) is 0 Å². The van der Waals surface area contributed by atoms with Gasteiger partial charge in [-0.1, -0.05) is 37.6 Å². The third-order valence-corrected chi connectivity index (χ3v) is 5.37. The number of hydrogen-bond acceptors (Lipinski definition) is 4. The third kappa shape index (κ3) is 6.41. The minimum atomic E-state index is -0.0133. The monoisotopic (exact) mass is 410 g/mol. The summed E-state index contributed by atoms with van der Waals surface area (Å²) in [5.74, 6) is 1.88. The molecule has 1 aliphatic carbocycles. The molecule has 2 aliphatic rings. The summed E-state index contributed by atoms with van der Waals surface area (Å²) in [4.78, 5) is 13.5. The van der Waals surface area contributed by atoms with Gasteiger partial charge in [-0.3, -0.25) is 4.79 Å². The molecule has 0 bridgehead atoms. The van der Waals surface area contributed by atoms with Crippen LogP contribution in [0.5, 0.6) is 0 Å². The largest absolute Gasteiger partial charge is 0.498 e. The number of ether oxygens (including phenoxy) is 2. The summed E-state index contributed by atoms with van der Waals surface area (Å²) >= 11 is 0. The zero-order valence-electron chi connectivity index (χ0n) is 18.4. The molecule has 1 atom stereocenters. The lowest BCUT2D eigenvalue weighted by atomic mass is 10.1. The Hall–Kier alpha value is -2.69. The Bertz CT molecular complexity index is 789. The Morgan fingerprint density at radius 1 is 1.27 bits per heavy atom. The van der Waals surface area contributed by atoms with Gasteiger partial charge in [0.1, 0.15) is 11.9 Å². The number of rotatable bonds is 9. The van der Waals surface area contributed by atoms with Crippen LogP contribution >= 0.6 is 0 Å². The van der Waals surface area contributed by atoms with Crippen molar-refractivity contribution < 1.29 is 14.3 Å². The standard InChI is InChI=1S/C25H34N2O3/c1-4-5-15-29-23-9-7-6-8-10-24(16-23)30-25-17-27(18-25)22-13-11-21(12-14-22)19(2)26-20(3)28/h6,8,10-14,16,19,25H,4-5,7,9,15,17-18H2,1-3H3,(H,26,28). The SMILES string of the molecule is CCCCOC1=CC(OC2CN(c3ccc(C(C)NC(C)=O)cc3)C2)=CC=CCC1. The average Bonchev–Trinajstić information content (AvgIpc) is 2.67. The number of allylic oxidation sites excluding steroid dienone is 5. The summed E-state index contributed by atoms with van der Waals surface area (Å²) in [6, 6.07) is 8.40. The molecule has 1 aromatic carbocycles. The van der Waals surface area contributed by atoms with Gasteiger partial charge in [0.05, 0.1) is 31.5 Å². The molecule has 1 unspecified atom stereocenters. The predicted octanol–water partition coefficient (Wildman–Crippen LogP) is 5.02. The van der Waals surface area contributed by atoms with Crippen molar-refractivity contribution in [3.63, 3.8) is 0 Å². The molecular weight excluding hydrogens is 376 g/mol. The molecule has 1 fully saturated rings. The molecule has 5 heteroatoms. The summed E-state index contributed by atoms with van der Waals surface area (Å²) in [5, 5.41) is 2.92. The average molecular weight is 411 g/mol. The molecule has 5 nitrogen and oxygen atoms in total. The van der Waals surface area contributed by atoms with Crippen LogP contribution in [0.1, 0.15) is 58.1 Å². The fourth-order valence-corrected chi connectivity index (χ4v) is 3.58. The van der Waals surface area contributed by atoms with E-state index in [1.54, 1.807) is 6.92 Å². The van der Waals surface area contributed by atoms with Gasteiger partial charge in [-0.05, 0) is 43.5 Å². The van der Waals surface area contributed by atoms with Crippen LogP contribution in [0.3, 0.4) is 0 Å². The van der Waals surface area contributed by atoms with Crippen molar-refractivity contribution in [2.75, 3.05) is 24.6 Å². The van der Waals surface area contributed by atoms with E-state index in [2.05, 4.69) is 59.6 Å². The van der Waals surface area contributed by atoms with Gasteiger partial charge in [0, 0.05) is 25.1 Å². The van der Waals surface area contributed by atoms with Gasteiger partial charge >= 0.3 is 0 Å². The first kappa shape index (κ1) is 22.0. The number of carbonyl (C=O) groups is 1. The molecule has 0 saturated carbocycles. The van der Waals surface area contributed by atoms with Crippen molar-refractivity contribution in [2.24, 2.45) is 0 Å². The van der Waals surface area contributed by atoms with E-state index in [1.165, 1.54) is 5.69 Å². The number of unbranched alkanes of at least 4 members (excludes halogenated alkanes) is 1. The first-order chi connectivity index (χ1) is 14.5. The molecule has 162 valence electrons. The lowest BCUT2D eigenvalue weighted by Crippen LogP contribution is -2.52. The number of nitrogens with one attached hydrogen (secondary N) is 1. The van der Waals surface area contributed by atoms with Crippen LogP contribution in [0.15, 0.2) is 60.1 Å². The second kappa shape index (κ2) is 10.9. The summed E-state index contributed by atoms with van der Waals surface area (Å²) in [6.45, 7) is 8.21. The van der Waals surface area contributed by atoms with Gasteiger partial charge in [0.2, 0.25) is 5.91 Å². The Morgan fingerprint density at radius 3 is 2.73 bits per heavy atom. The minimum absolute atomic E-state index is 0.0133. The zero-order valence-corrected chi connectivity index (χ0v) is 18.4. The summed E-state index contributed by atoms with van der Waals surface area (Å²) < 4.78 is 12.2. The van der Waals surface area contributed by atoms with Crippen LogP contribution in [0.2, 0.25) is 0 Å². The second-order valence-electron chi connectivity index (χ2n) is 8.01. The van der Waals surface area contributed by atoms with Crippen molar-refractivity contribution in [2.45, 2.75) is 58.6 Å². The minimum Gasteiger partial charge on any atom is -0.498 e. The van der Waals surface area contributed by atoms with E-state index in [4.69, 9.17) is 9.47 Å². The molecular formula is C25H34N2O3. The first-order valence-corrected chi connectivity index (χ1v) is 11.0. The zero-order chi connectivity index (χ0) is 21.3. The number of anilines is 1. The molecule has 0 radical (unpaired) electrons. The van der Waals surface area contributed by atoms with E-state index in [9.17, 15) is 4.79 Å². The molecule has 1 amide bonds.